The molecular formula is C40H53N5O4. The molecule has 9 nitrogen and oxygen atoms in total. The highest BCUT2D eigenvalue weighted by atomic mass is 16.5. The van der Waals surface area contributed by atoms with E-state index in [1.54, 1.807) is 7.11 Å². The van der Waals surface area contributed by atoms with E-state index in [1.165, 1.54) is 17.2 Å². The van der Waals surface area contributed by atoms with Gasteiger partial charge in [-0.1, -0.05) is 24.8 Å². The van der Waals surface area contributed by atoms with E-state index in [2.05, 4.69) is 65.2 Å². The second-order valence-electron chi connectivity index (χ2n) is 13.7. The first-order valence-corrected chi connectivity index (χ1v) is 17.7. The molecule has 0 radical (unpaired) electrons. The number of piperidine rings is 2. The number of rotatable bonds is 11. The number of methoxy groups -OCH3 is 1. The van der Waals surface area contributed by atoms with Gasteiger partial charge in [0.15, 0.2) is 0 Å². The number of carbonyl (C=O) groups excluding carboxylic acids is 2. The summed E-state index contributed by atoms with van der Waals surface area (Å²) >= 11 is 0. The number of aryl methyl sites for hydroxylation is 3. The molecule has 2 aromatic carbocycles. The first-order valence-electron chi connectivity index (χ1n) is 17.7. The molecule has 2 aliphatic rings. The van der Waals surface area contributed by atoms with E-state index < -0.39 is 0 Å². The standard InChI is InChI=1S/C40H53N5O4/c1-8-38(46)44-16-13-33(14-17-44)45(9-2)36-22-32(30-11-10-29(25(3)19-30)20-31-12-15-41-24-37(31)49-7)21-34(28(36)6)39(47)42-23-35-26(4)18-27(5)43-40(35)48/h8,10-11,18-19,21-22,31,33,37,41H,1,9,12-17,20,23-24H2,2-7H3,(H,42,47)(H,43,48). The van der Waals surface area contributed by atoms with Crippen LogP contribution in [0.4, 0.5) is 5.69 Å². The second kappa shape index (κ2) is 16.0. The minimum absolute atomic E-state index is 0.0296. The van der Waals surface area contributed by atoms with Gasteiger partial charge in [0.05, 0.1) is 6.10 Å². The van der Waals surface area contributed by atoms with Crippen LogP contribution < -0.4 is 21.1 Å². The molecule has 3 N–H and O–H groups in total. The van der Waals surface area contributed by atoms with Gasteiger partial charge in [0, 0.05) is 68.4 Å². The van der Waals surface area contributed by atoms with E-state index in [1.807, 2.05) is 37.8 Å². The van der Waals surface area contributed by atoms with Crippen LogP contribution in [-0.2, 0) is 22.5 Å². The minimum atomic E-state index is -0.215. The number of pyridine rings is 1. The van der Waals surface area contributed by atoms with Crippen molar-refractivity contribution >= 4 is 17.5 Å². The highest BCUT2D eigenvalue weighted by molar-refractivity contribution is 5.99. The fourth-order valence-corrected chi connectivity index (χ4v) is 7.70. The van der Waals surface area contributed by atoms with E-state index in [9.17, 15) is 14.4 Å². The Bertz CT molecular complexity index is 1740. The van der Waals surface area contributed by atoms with E-state index in [-0.39, 0.29) is 36.1 Å². The molecule has 0 bridgehead atoms. The molecule has 3 aromatic rings. The molecule has 262 valence electrons. The molecule has 0 spiro atoms. The number of aromatic amines is 1. The van der Waals surface area contributed by atoms with Crippen LogP contribution in [0.15, 0.2) is 53.8 Å². The molecule has 0 saturated carbocycles. The number of H-pyrrole nitrogens is 1. The topological polar surface area (TPSA) is 107 Å². The number of nitrogens with one attached hydrogen (secondary N) is 3. The van der Waals surface area contributed by atoms with Crippen molar-refractivity contribution in [2.24, 2.45) is 5.92 Å². The third kappa shape index (κ3) is 8.16. The highest BCUT2D eigenvalue weighted by Crippen LogP contribution is 2.35. The highest BCUT2D eigenvalue weighted by Gasteiger charge is 2.29. The van der Waals surface area contributed by atoms with Crippen LogP contribution in [0.2, 0.25) is 0 Å². The van der Waals surface area contributed by atoms with Crippen molar-refractivity contribution in [3.05, 3.63) is 98.5 Å². The van der Waals surface area contributed by atoms with Crippen LogP contribution in [0.25, 0.3) is 11.1 Å². The molecule has 2 saturated heterocycles. The fourth-order valence-electron chi connectivity index (χ4n) is 7.70. The normalized spacial score (nSPS) is 18.3. The fraction of sp³-hybridized carbons (Fsp3) is 0.475. The lowest BCUT2D eigenvalue weighted by molar-refractivity contribution is -0.127. The van der Waals surface area contributed by atoms with Crippen molar-refractivity contribution in [3.63, 3.8) is 0 Å². The van der Waals surface area contributed by atoms with E-state index in [0.717, 1.165) is 79.0 Å². The molecule has 5 rings (SSSR count). The van der Waals surface area contributed by atoms with Crippen molar-refractivity contribution in [3.8, 4) is 11.1 Å². The van der Waals surface area contributed by atoms with E-state index >= 15 is 0 Å². The maximum Gasteiger partial charge on any atom is 0.253 e. The van der Waals surface area contributed by atoms with E-state index in [4.69, 9.17) is 4.74 Å². The van der Waals surface area contributed by atoms with E-state index in [0.29, 0.717) is 30.1 Å². The molecular weight excluding hydrogens is 614 g/mol. The monoisotopic (exact) mass is 667 g/mol. The maximum absolute atomic E-state index is 14.0. The number of nitrogens with zero attached hydrogens (tertiary/aromatic N) is 2. The Morgan fingerprint density at radius 1 is 1.04 bits per heavy atom. The van der Waals surface area contributed by atoms with Crippen molar-refractivity contribution in [2.45, 2.75) is 79.0 Å². The Labute approximate surface area is 291 Å². The SMILES string of the molecule is C=CC(=O)N1CCC(N(CC)c2cc(-c3ccc(CC4CCNCC4OC)c(C)c3)cc(C(=O)NCc3c(C)cc(C)[nH]c3=O)c2C)CC1. The average Bonchev–Trinajstić information content (AvgIpc) is 3.09. The van der Waals surface area contributed by atoms with Gasteiger partial charge in [-0.3, -0.25) is 14.4 Å². The van der Waals surface area contributed by atoms with Gasteiger partial charge in [-0.05, 0) is 130 Å². The number of anilines is 1. The molecule has 2 aliphatic heterocycles. The summed E-state index contributed by atoms with van der Waals surface area (Å²) in [7, 11) is 1.80. The first-order chi connectivity index (χ1) is 23.5. The van der Waals surface area contributed by atoms with Crippen LogP contribution in [-0.4, -0.2) is 73.7 Å². The summed E-state index contributed by atoms with van der Waals surface area (Å²) in [6.07, 6.45) is 5.31. The summed E-state index contributed by atoms with van der Waals surface area (Å²) in [6.45, 7) is 17.9. The number of amides is 2. The molecule has 1 aromatic heterocycles. The van der Waals surface area contributed by atoms with Gasteiger partial charge in [0.2, 0.25) is 5.91 Å². The molecule has 9 heteroatoms. The van der Waals surface area contributed by atoms with Crippen molar-refractivity contribution in [2.75, 3.05) is 44.7 Å². The van der Waals surface area contributed by atoms with Crippen LogP contribution in [0.5, 0.6) is 0 Å². The lowest BCUT2D eigenvalue weighted by Crippen LogP contribution is -2.46. The third-order valence-electron chi connectivity index (χ3n) is 10.6. The van der Waals surface area contributed by atoms with Crippen LogP contribution >= 0.6 is 0 Å². The summed E-state index contributed by atoms with van der Waals surface area (Å²) in [5, 5.41) is 6.50. The molecule has 49 heavy (non-hydrogen) atoms. The molecule has 2 amide bonds. The Balaban J connectivity index is 1.49. The largest absolute Gasteiger partial charge is 0.380 e. The van der Waals surface area contributed by atoms with Gasteiger partial charge in [-0.2, -0.15) is 0 Å². The number of hydrogen-bond acceptors (Lipinski definition) is 6. The number of ether oxygens (including phenoxy) is 1. The van der Waals surface area contributed by atoms with Crippen LogP contribution in [0.3, 0.4) is 0 Å². The van der Waals surface area contributed by atoms with Crippen molar-refractivity contribution < 1.29 is 14.3 Å². The van der Waals surface area contributed by atoms with Gasteiger partial charge in [-0.25, -0.2) is 0 Å². The van der Waals surface area contributed by atoms with Crippen LogP contribution in [0.1, 0.15) is 70.1 Å². The molecule has 2 atom stereocenters. The predicted octanol–water partition coefficient (Wildman–Crippen LogP) is 5.38. The number of carbonyl (C=O) groups is 2. The summed E-state index contributed by atoms with van der Waals surface area (Å²) in [4.78, 5) is 46.1. The molecule has 2 unspecified atom stereocenters. The zero-order valence-electron chi connectivity index (χ0n) is 30.1. The summed E-state index contributed by atoms with van der Waals surface area (Å²) in [5.74, 6) is 0.220. The first kappa shape index (κ1) is 36.1. The van der Waals surface area contributed by atoms with Crippen molar-refractivity contribution in [1.29, 1.82) is 0 Å². The summed E-state index contributed by atoms with van der Waals surface area (Å²) in [6, 6.07) is 13.0. The van der Waals surface area contributed by atoms with Gasteiger partial charge in [0.25, 0.3) is 11.5 Å². The second-order valence-corrected chi connectivity index (χ2v) is 13.7. The smallest absolute Gasteiger partial charge is 0.253 e. The average molecular weight is 668 g/mol. The zero-order chi connectivity index (χ0) is 35.2. The summed E-state index contributed by atoms with van der Waals surface area (Å²) in [5.41, 5.74) is 9.08. The molecule has 0 aliphatic carbocycles. The predicted molar refractivity (Wildman–Crippen MR) is 197 cm³/mol. The molecule has 3 heterocycles. The van der Waals surface area contributed by atoms with Gasteiger partial charge in [0.1, 0.15) is 0 Å². The Hall–Kier alpha value is -4.21. The van der Waals surface area contributed by atoms with Crippen LogP contribution in [0, 0.1) is 33.6 Å². The number of hydrogen-bond donors (Lipinski definition) is 3. The molecule has 2 fully saturated rings. The third-order valence-corrected chi connectivity index (χ3v) is 10.6. The van der Waals surface area contributed by atoms with Crippen molar-refractivity contribution in [1.82, 2.24) is 20.5 Å². The van der Waals surface area contributed by atoms with Gasteiger partial charge < -0.3 is 30.2 Å². The lowest BCUT2D eigenvalue weighted by Gasteiger charge is -2.40. The van der Waals surface area contributed by atoms with Gasteiger partial charge in [-0.15, -0.1) is 0 Å². The lowest BCUT2D eigenvalue weighted by atomic mass is 9.86. The quantitative estimate of drug-likeness (QED) is 0.237. The number of likely N-dealkylation sites (tertiary alicyclic amines) is 1. The number of benzene rings is 2. The summed E-state index contributed by atoms with van der Waals surface area (Å²) < 4.78 is 5.79. The zero-order valence-corrected chi connectivity index (χ0v) is 30.1. The Morgan fingerprint density at radius 3 is 2.45 bits per heavy atom. The maximum atomic E-state index is 14.0. The Morgan fingerprint density at radius 2 is 1.80 bits per heavy atom. The Kier molecular flexibility index (Phi) is 11.8. The number of aromatic nitrogens is 1. The minimum Gasteiger partial charge on any atom is -0.380 e. The van der Waals surface area contributed by atoms with Gasteiger partial charge >= 0.3 is 0 Å².